The van der Waals surface area contributed by atoms with Crippen molar-refractivity contribution in [2.24, 2.45) is 0 Å². The van der Waals surface area contributed by atoms with Gasteiger partial charge in [0.15, 0.2) is 0 Å². The maximum atomic E-state index is 12.8. The fourth-order valence-electron chi connectivity index (χ4n) is 4.81. The number of carbonyl (C=O) groups is 2. The third kappa shape index (κ3) is 9.02. The number of carbonyl (C=O) groups excluding carboxylic acids is 1. The maximum absolute atomic E-state index is 12.8. The van der Waals surface area contributed by atoms with Crippen LogP contribution in [0.1, 0.15) is 74.9 Å². The van der Waals surface area contributed by atoms with Crippen LogP contribution in [0.4, 0.5) is 0 Å². The maximum Gasteiger partial charge on any atom is 0.326 e. The number of unbranched alkanes of at least 4 members (excludes halogenated alkanes) is 3. The molecule has 6 heteroatoms. The highest BCUT2D eigenvalue weighted by Gasteiger charge is 2.22. The summed E-state index contributed by atoms with van der Waals surface area (Å²) in [6, 6.07) is 26.0. The van der Waals surface area contributed by atoms with E-state index >= 15 is 0 Å². The molecule has 0 aliphatic heterocycles. The van der Waals surface area contributed by atoms with E-state index in [0.29, 0.717) is 5.56 Å². The van der Waals surface area contributed by atoms with Gasteiger partial charge in [-0.1, -0.05) is 89.4 Å². The summed E-state index contributed by atoms with van der Waals surface area (Å²) in [5.41, 5.74) is 6.17. The monoisotopic (exact) mass is 578 g/mol. The predicted molar refractivity (Wildman–Crippen MR) is 172 cm³/mol. The van der Waals surface area contributed by atoms with Crippen LogP contribution in [0.5, 0.6) is 5.75 Å². The molecule has 0 saturated carbocycles. The number of carboxylic acids is 1. The van der Waals surface area contributed by atoms with Crippen LogP contribution in [0.2, 0.25) is 0 Å². The first kappa shape index (κ1) is 31.5. The zero-order valence-corrected chi connectivity index (χ0v) is 25.6. The number of ether oxygens (including phenoxy) is 1. The molecular weight excluding hydrogens is 536 g/mol. The number of aromatic nitrogens is 1. The summed E-state index contributed by atoms with van der Waals surface area (Å²) in [4.78, 5) is 29.4. The van der Waals surface area contributed by atoms with E-state index in [4.69, 9.17) is 4.74 Å². The Balaban J connectivity index is 1.34. The van der Waals surface area contributed by atoms with Crippen LogP contribution < -0.4 is 10.1 Å². The SMILES string of the molecule is CCCCCCOc1ccc(-c2ccc(-c3ccc(C[C@H](NC(=O)c4ccc(C(C)(C)C)cc4)C(=O)O)cc3)cn2)cc1. The van der Waals surface area contributed by atoms with Gasteiger partial charge < -0.3 is 15.2 Å². The van der Waals surface area contributed by atoms with Crippen LogP contribution in [0.3, 0.4) is 0 Å². The largest absolute Gasteiger partial charge is 0.494 e. The smallest absolute Gasteiger partial charge is 0.326 e. The summed E-state index contributed by atoms with van der Waals surface area (Å²) in [7, 11) is 0. The molecule has 0 bridgehead atoms. The topological polar surface area (TPSA) is 88.5 Å². The van der Waals surface area contributed by atoms with E-state index in [2.05, 4.69) is 38.0 Å². The summed E-state index contributed by atoms with van der Waals surface area (Å²) in [5.74, 6) is -0.605. The average Bonchev–Trinajstić information content (AvgIpc) is 3.01. The summed E-state index contributed by atoms with van der Waals surface area (Å²) >= 11 is 0. The lowest BCUT2D eigenvalue weighted by atomic mass is 9.86. The van der Waals surface area contributed by atoms with E-state index in [1.807, 2.05) is 79.0 Å². The molecule has 4 rings (SSSR count). The van der Waals surface area contributed by atoms with Crippen LogP contribution in [0.15, 0.2) is 91.1 Å². The molecule has 43 heavy (non-hydrogen) atoms. The van der Waals surface area contributed by atoms with E-state index in [1.165, 1.54) is 19.3 Å². The van der Waals surface area contributed by atoms with Gasteiger partial charge in [0, 0.05) is 29.3 Å². The molecule has 0 aliphatic carbocycles. The molecular formula is C37H42N2O4. The number of hydrogen-bond donors (Lipinski definition) is 2. The second-order valence-electron chi connectivity index (χ2n) is 12.0. The van der Waals surface area contributed by atoms with Gasteiger partial charge in [0.25, 0.3) is 5.91 Å². The Bertz CT molecular complexity index is 1470. The average molecular weight is 579 g/mol. The van der Waals surface area contributed by atoms with E-state index in [9.17, 15) is 14.7 Å². The van der Waals surface area contributed by atoms with Gasteiger partial charge in [-0.2, -0.15) is 0 Å². The van der Waals surface area contributed by atoms with Crippen molar-refractivity contribution in [3.05, 3.63) is 108 Å². The Morgan fingerprint density at radius 2 is 1.47 bits per heavy atom. The van der Waals surface area contributed by atoms with Crippen LogP contribution in [-0.2, 0) is 16.6 Å². The van der Waals surface area contributed by atoms with E-state index in [0.717, 1.165) is 52.3 Å². The molecule has 0 saturated heterocycles. The first-order valence-electron chi connectivity index (χ1n) is 15.1. The summed E-state index contributed by atoms with van der Waals surface area (Å²) in [5, 5.41) is 12.5. The number of rotatable bonds is 13. The zero-order chi connectivity index (χ0) is 30.8. The third-order valence-corrected chi connectivity index (χ3v) is 7.52. The van der Waals surface area contributed by atoms with Crippen molar-refractivity contribution in [2.75, 3.05) is 6.61 Å². The second kappa shape index (κ2) is 14.6. The minimum atomic E-state index is -1.07. The van der Waals surface area contributed by atoms with Crippen molar-refractivity contribution >= 4 is 11.9 Å². The third-order valence-electron chi connectivity index (χ3n) is 7.52. The highest BCUT2D eigenvalue weighted by molar-refractivity contribution is 5.96. The molecule has 0 spiro atoms. The van der Waals surface area contributed by atoms with Gasteiger partial charge in [0.05, 0.1) is 12.3 Å². The first-order valence-corrected chi connectivity index (χ1v) is 15.1. The van der Waals surface area contributed by atoms with Crippen molar-refractivity contribution in [1.82, 2.24) is 10.3 Å². The van der Waals surface area contributed by atoms with Crippen LogP contribution in [0, 0.1) is 0 Å². The molecule has 1 atom stereocenters. The standard InChI is InChI=1S/C37H42N2O4/c1-5-6-7-8-23-43-32-20-15-28(16-21-32)33-22-17-30(25-38-33)27-11-9-26(10-12-27)24-34(36(41)42)39-35(40)29-13-18-31(19-14-29)37(2,3)4/h9-22,25,34H,5-8,23-24H2,1-4H3,(H,39,40)(H,41,42)/t34-/m0/s1. The number of carboxylic acid groups (broad SMARTS) is 1. The van der Waals surface area contributed by atoms with Gasteiger partial charge >= 0.3 is 5.97 Å². The van der Waals surface area contributed by atoms with Crippen molar-refractivity contribution in [3.63, 3.8) is 0 Å². The molecule has 0 unspecified atom stereocenters. The highest BCUT2D eigenvalue weighted by Crippen LogP contribution is 2.25. The lowest BCUT2D eigenvalue weighted by Gasteiger charge is -2.19. The van der Waals surface area contributed by atoms with Gasteiger partial charge in [0.1, 0.15) is 11.8 Å². The number of nitrogens with zero attached hydrogens (tertiary/aromatic N) is 1. The number of amides is 1. The molecule has 224 valence electrons. The molecule has 0 fully saturated rings. The van der Waals surface area contributed by atoms with Crippen molar-refractivity contribution in [1.29, 1.82) is 0 Å². The Hall–Kier alpha value is -4.45. The number of hydrogen-bond acceptors (Lipinski definition) is 4. The Labute approximate surface area is 255 Å². The van der Waals surface area contributed by atoms with Crippen molar-refractivity contribution < 1.29 is 19.4 Å². The van der Waals surface area contributed by atoms with Crippen LogP contribution in [0.25, 0.3) is 22.4 Å². The molecule has 0 aliphatic rings. The van der Waals surface area contributed by atoms with Crippen LogP contribution in [-0.4, -0.2) is 34.6 Å². The van der Waals surface area contributed by atoms with Gasteiger partial charge in [0.2, 0.25) is 0 Å². The van der Waals surface area contributed by atoms with Gasteiger partial charge in [-0.05, 0) is 71.0 Å². The number of nitrogens with one attached hydrogen (secondary N) is 1. The van der Waals surface area contributed by atoms with E-state index < -0.39 is 17.9 Å². The summed E-state index contributed by atoms with van der Waals surface area (Å²) in [6.45, 7) is 9.25. The fraction of sp³-hybridized carbons (Fsp3) is 0.324. The predicted octanol–water partition coefficient (Wildman–Crippen LogP) is 8.10. The molecule has 4 aromatic rings. The Morgan fingerprint density at radius 1 is 0.814 bits per heavy atom. The minimum absolute atomic E-state index is 0.0299. The fourth-order valence-corrected chi connectivity index (χ4v) is 4.81. The van der Waals surface area contributed by atoms with Gasteiger partial charge in [-0.25, -0.2) is 4.79 Å². The minimum Gasteiger partial charge on any atom is -0.494 e. The van der Waals surface area contributed by atoms with E-state index in [1.54, 1.807) is 12.1 Å². The molecule has 1 amide bonds. The zero-order valence-electron chi connectivity index (χ0n) is 25.6. The highest BCUT2D eigenvalue weighted by atomic mass is 16.5. The number of pyridine rings is 1. The molecule has 0 radical (unpaired) electrons. The quantitative estimate of drug-likeness (QED) is 0.157. The van der Waals surface area contributed by atoms with Crippen molar-refractivity contribution in [2.45, 2.75) is 71.3 Å². The lowest BCUT2D eigenvalue weighted by molar-refractivity contribution is -0.139. The molecule has 1 aromatic heterocycles. The summed E-state index contributed by atoms with van der Waals surface area (Å²) < 4.78 is 5.85. The Morgan fingerprint density at radius 3 is 2.05 bits per heavy atom. The second-order valence-corrected chi connectivity index (χ2v) is 12.0. The van der Waals surface area contributed by atoms with Gasteiger partial charge in [-0.15, -0.1) is 0 Å². The van der Waals surface area contributed by atoms with Crippen molar-refractivity contribution in [3.8, 4) is 28.1 Å². The summed E-state index contributed by atoms with van der Waals surface area (Å²) in [6.07, 6.45) is 6.75. The molecule has 6 nitrogen and oxygen atoms in total. The van der Waals surface area contributed by atoms with Gasteiger partial charge in [-0.3, -0.25) is 9.78 Å². The van der Waals surface area contributed by atoms with Crippen LogP contribution >= 0.6 is 0 Å². The molecule has 3 aromatic carbocycles. The molecule has 1 heterocycles. The Kier molecular flexibility index (Phi) is 10.7. The lowest BCUT2D eigenvalue weighted by Crippen LogP contribution is -2.42. The van der Waals surface area contributed by atoms with E-state index in [-0.39, 0.29) is 11.8 Å². The number of benzene rings is 3. The first-order chi connectivity index (χ1) is 20.6. The number of aliphatic carboxylic acids is 1. The normalized spacial score (nSPS) is 12.0. The molecule has 2 N–H and O–H groups in total.